The van der Waals surface area contributed by atoms with E-state index in [1.807, 2.05) is 0 Å². The van der Waals surface area contributed by atoms with Gasteiger partial charge < -0.3 is 5.32 Å². The van der Waals surface area contributed by atoms with E-state index in [0.29, 0.717) is 16.6 Å². The normalized spacial score (nSPS) is 34.1. The molecule has 24 heavy (non-hydrogen) atoms. The van der Waals surface area contributed by atoms with Crippen LogP contribution in [0.15, 0.2) is 11.0 Å². The quantitative estimate of drug-likeness (QED) is 0.863. The van der Waals surface area contributed by atoms with Crippen molar-refractivity contribution in [1.29, 1.82) is 0 Å². The lowest BCUT2D eigenvalue weighted by atomic mass is 9.53. The molecule has 4 nitrogen and oxygen atoms in total. The summed E-state index contributed by atoms with van der Waals surface area (Å²) in [6.07, 6.45) is 10.2. The molecule has 4 fully saturated rings. The molecule has 132 valence electrons. The summed E-state index contributed by atoms with van der Waals surface area (Å²) in [6.45, 7) is 5.19. The molecule has 0 amide bonds. The van der Waals surface area contributed by atoms with Crippen molar-refractivity contribution < 1.29 is 0 Å². The first-order valence-corrected chi connectivity index (χ1v) is 9.87. The third-order valence-corrected chi connectivity index (χ3v) is 6.78. The molecule has 5 heteroatoms. The second kappa shape index (κ2) is 6.05. The van der Waals surface area contributed by atoms with Crippen molar-refractivity contribution >= 4 is 17.3 Å². The van der Waals surface area contributed by atoms with Gasteiger partial charge >= 0.3 is 0 Å². The van der Waals surface area contributed by atoms with E-state index in [1.165, 1.54) is 19.3 Å². The number of nitrogens with zero attached hydrogens (tertiary/aromatic N) is 2. The maximum atomic E-state index is 12.9. The first-order valence-electron chi connectivity index (χ1n) is 9.49. The second-order valence-electron chi connectivity index (χ2n) is 8.84. The minimum atomic E-state index is -0.104. The van der Waals surface area contributed by atoms with E-state index in [4.69, 9.17) is 11.6 Å². The van der Waals surface area contributed by atoms with Gasteiger partial charge in [0.25, 0.3) is 5.56 Å². The van der Waals surface area contributed by atoms with Crippen molar-refractivity contribution in [3.8, 4) is 0 Å². The average molecular weight is 350 g/mol. The molecule has 0 aliphatic heterocycles. The van der Waals surface area contributed by atoms with Crippen LogP contribution in [0.25, 0.3) is 0 Å². The van der Waals surface area contributed by atoms with Crippen LogP contribution in [0.5, 0.6) is 0 Å². The average Bonchev–Trinajstić information content (AvgIpc) is 2.49. The maximum absolute atomic E-state index is 12.9. The van der Waals surface area contributed by atoms with Crippen LogP contribution >= 0.6 is 11.6 Å². The molecular formula is C19H28ClN3O. The van der Waals surface area contributed by atoms with Crippen molar-refractivity contribution in [3.05, 3.63) is 21.6 Å². The number of halogens is 1. The Kier molecular flexibility index (Phi) is 4.14. The van der Waals surface area contributed by atoms with Crippen molar-refractivity contribution in [2.45, 2.75) is 64.3 Å². The van der Waals surface area contributed by atoms with Gasteiger partial charge in [-0.05, 0) is 68.6 Å². The Labute approximate surface area is 149 Å². The fourth-order valence-corrected chi connectivity index (χ4v) is 5.91. The first kappa shape index (κ1) is 16.4. The summed E-state index contributed by atoms with van der Waals surface area (Å²) in [4.78, 5) is 12.9. The standard InChI is InChI=1S/C19H28ClN3O/c1-12(2)3-4-21-16-11-22-23(18(24)17(16)20)19-8-13-5-14(9-19)7-15(6-13)10-19/h11-15,21H,3-10H2,1-2H3. The number of nitrogens with one attached hydrogen (secondary N) is 1. The minimum Gasteiger partial charge on any atom is -0.382 e. The molecule has 1 aromatic rings. The van der Waals surface area contributed by atoms with Crippen LogP contribution in [-0.4, -0.2) is 16.3 Å². The molecule has 0 aromatic carbocycles. The highest BCUT2D eigenvalue weighted by Crippen LogP contribution is 2.58. The molecule has 4 bridgehead atoms. The molecule has 0 atom stereocenters. The fraction of sp³-hybridized carbons (Fsp3) is 0.789. The molecule has 0 radical (unpaired) electrons. The zero-order valence-electron chi connectivity index (χ0n) is 14.7. The van der Waals surface area contributed by atoms with Gasteiger partial charge in [0.15, 0.2) is 0 Å². The molecule has 1 aromatic heterocycles. The van der Waals surface area contributed by atoms with Gasteiger partial charge in [-0.2, -0.15) is 5.10 Å². The molecule has 0 saturated heterocycles. The molecule has 4 saturated carbocycles. The summed E-state index contributed by atoms with van der Waals surface area (Å²) >= 11 is 6.42. The SMILES string of the molecule is CC(C)CCNc1cnn(C23CC4CC(CC(C4)C2)C3)c(=O)c1Cl. The Bertz CT molecular complexity index is 646. The smallest absolute Gasteiger partial charge is 0.288 e. The Hall–Kier alpha value is -1.03. The largest absolute Gasteiger partial charge is 0.382 e. The number of anilines is 1. The van der Waals surface area contributed by atoms with Crippen LogP contribution < -0.4 is 10.9 Å². The van der Waals surface area contributed by atoms with Crippen molar-refractivity contribution in [2.75, 3.05) is 11.9 Å². The highest BCUT2D eigenvalue weighted by Gasteiger charge is 2.53. The molecular weight excluding hydrogens is 322 g/mol. The molecule has 1 N–H and O–H groups in total. The third-order valence-electron chi connectivity index (χ3n) is 6.41. The summed E-state index contributed by atoms with van der Waals surface area (Å²) in [5.41, 5.74) is 0.516. The molecule has 5 rings (SSSR count). The second-order valence-corrected chi connectivity index (χ2v) is 9.22. The Morgan fingerprint density at radius 3 is 2.38 bits per heavy atom. The Balaban J connectivity index is 1.60. The lowest BCUT2D eigenvalue weighted by molar-refractivity contribution is -0.0518. The number of hydrogen-bond donors (Lipinski definition) is 1. The monoisotopic (exact) mass is 349 g/mol. The lowest BCUT2D eigenvalue weighted by Gasteiger charge is -2.56. The molecule has 1 heterocycles. The lowest BCUT2D eigenvalue weighted by Crippen LogP contribution is -2.55. The molecule has 0 spiro atoms. The van der Waals surface area contributed by atoms with Gasteiger partial charge in [-0.1, -0.05) is 25.4 Å². The summed E-state index contributed by atoms with van der Waals surface area (Å²) in [5, 5.41) is 8.17. The van der Waals surface area contributed by atoms with Crippen LogP contribution in [0.1, 0.15) is 58.8 Å². The fourth-order valence-electron chi connectivity index (χ4n) is 5.71. The molecule has 4 aliphatic carbocycles. The zero-order chi connectivity index (χ0) is 16.9. The summed E-state index contributed by atoms with van der Waals surface area (Å²) < 4.78 is 1.76. The van der Waals surface area contributed by atoms with E-state index in [2.05, 4.69) is 24.3 Å². The van der Waals surface area contributed by atoms with Gasteiger partial charge in [0.1, 0.15) is 5.02 Å². The van der Waals surface area contributed by atoms with Gasteiger partial charge in [-0.25, -0.2) is 4.68 Å². The summed E-state index contributed by atoms with van der Waals surface area (Å²) in [5.74, 6) is 2.98. The van der Waals surface area contributed by atoms with Gasteiger partial charge in [-0.3, -0.25) is 4.79 Å². The maximum Gasteiger partial charge on any atom is 0.288 e. The van der Waals surface area contributed by atoms with Crippen LogP contribution in [0.2, 0.25) is 5.02 Å². The molecule has 4 aliphatic rings. The highest BCUT2D eigenvalue weighted by molar-refractivity contribution is 6.32. The van der Waals surface area contributed by atoms with Gasteiger partial charge in [-0.15, -0.1) is 0 Å². The predicted molar refractivity (Wildman–Crippen MR) is 97.6 cm³/mol. The van der Waals surface area contributed by atoms with E-state index in [1.54, 1.807) is 10.9 Å². The van der Waals surface area contributed by atoms with E-state index in [9.17, 15) is 4.79 Å². The van der Waals surface area contributed by atoms with E-state index >= 15 is 0 Å². The van der Waals surface area contributed by atoms with Gasteiger partial charge in [0.05, 0.1) is 17.4 Å². The number of aromatic nitrogens is 2. The van der Waals surface area contributed by atoms with Crippen molar-refractivity contribution in [2.24, 2.45) is 23.7 Å². The van der Waals surface area contributed by atoms with Crippen LogP contribution in [0.4, 0.5) is 5.69 Å². The predicted octanol–water partition coefficient (Wildman–Crippen LogP) is 4.28. The summed E-state index contributed by atoms with van der Waals surface area (Å²) in [7, 11) is 0. The first-order chi connectivity index (χ1) is 11.5. The summed E-state index contributed by atoms with van der Waals surface area (Å²) in [6, 6.07) is 0. The van der Waals surface area contributed by atoms with Gasteiger partial charge in [0.2, 0.25) is 0 Å². The Morgan fingerprint density at radius 2 is 1.83 bits per heavy atom. The Morgan fingerprint density at radius 1 is 1.25 bits per heavy atom. The number of rotatable bonds is 5. The van der Waals surface area contributed by atoms with E-state index < -0.39 is 0 Å². The van der Waals surface area contributed by atoms with E-state index in [-0.39, 0.29) is 11.1 Å². The van der Waals surface area contributed by atoms with Crippen LogP contribution in [0, 0.1) is 23.7 Å². The van der Waals surface area contributed by atoms with Gasteiger partial charge in [0, 0.05) is 6.54 Å². The molecule has 0 unspecified atom stereocenters. The highest BCUT2D eigenvalue weighted by atomic mass is 35.5. The minimum absolute atomic E-state index is 0.0636. The van der Waals surface area contributed by atoms with Crippen molar-refractivity contribution in [1.82, 2.24) is 9.78 Å². The number of hydrogen-bond acceptors (Lipinski definition) is 3. The third kappa shape index (κ3) is 2.77. The van der Waals surface area contributed by atoms with Crippen LogP contribution in [-0.2, 0) is 5.54 Å². The van der Waals surface area contributed by atoms with E-state index in [0.717, 1.165) is 50.0 Å². The zero-order valence-corrected chi connectivity index (χ0v) is 15.5. The topological polar surface area (TPSA) is 46.9 Å². The van der Waals surface area contributed by atoms with Crippen LogP contribution in [0.3, 0.4) is 0 Å². The van der Waals surface area contributed by atoms with Crippen molar-refractivity contribution in [3.63, 3.8) is 0 Å².